The van der Waals surface area contributed by atoms with Crippen molar-refractivity contribution in [1.29, 1.82) is 0 Å². The highest BCUT2D eigenvalue weighted by Crippen LogP contribution is 2.44. The first kappa shape index (κ1) is 12.9. The van der Waals surface area contributed by atoms with Crippen molar-refractivity contribution in [3.05, 3.63) is 29.3 Å². The highest BCUT2D eigenvalue weighted by molar-refractivity contribution is 5.72. The van der Waals surface area contributed by atoms with Gasteiger partial charge >= 0.3 is 0 Å². The highest BCUT2D eigenvalue weighted by Gasteiger charge is 2.28. The summed E-state index contributed by atoms with van der Waals surface area (Å²) in [4.78, 5) is 10.9. The molecule has 0 saturated carbocycles. The minimum absolute atomic E-state index is 0.0481. The summed E-state index contributed by atoms with van der Waals surface area (Å²) in [5.41, 5.74) is 2.83. The Bertz CT molecular complexity index is 442. The lowest BCUT2D eigenvalue weighted by molar-refractivity contribution is -0.118. The minimum Gasteiger partial charge on any atom is -0.497 e. The fourth-order valence-corrected chi connectivity index (χ4v) is 2.86. The van der Waals surface area contributed by atoms with Gasteiger partial charge in [-0.1, -0.05) is 13.0 Å². The molecule has 2 unspecified atom stereocenters. The third-order valence-corrected chi connectivity index (χ3v) is 3.77. The maximum Gasteiger partial charge on any atom is 0.216 e. The molecule has 3 heteroatoms. The molecule has 0 spiro atoms. The van der Waals surface area contributed by atoms with Crippen molar-refractivity contribution in [2.24, 2.45) is 0 Å². The number of rotatable bonds is 4. The van der Waals surface area contributed by atoms with Crippen LogP contribution < -0.4 is 10.1 Å². The van der Waals surface area contributed by atoms with Gasteiger partial charge in [-0.25, -0.2) is 0 Å². The second kappa shape index (κ2) is 5.42. The molecular weight excluding hydrogens is 226 g/mol. The summed E-state index contributed by atoms with van der Waals surface area (Å²) in [5.74, 6) is 2.12. The maximum absolute atomic E-state index is 10.9. The molecule has 1 aliphatic rings. The van der Waals surface area contributed by atoms with Gasteiger partial charge < -0.3 is 10.1 Å². The summed E-state index contributed by atoms with van der Waals surface area (Å²) in [6, 6.07) is 6.36. The molecule has 1 aromatic rings. The lowest BCUT2D eigenvalue weighted by atomic mass is 9.97. The Morgan fingerprint density at radius 3 is 2.89 bits per heavy atom. The van der Waals surface area contributed by atoms with E-state index in [0.29, 0.717) is 11.8 Å². The van der Waals surface area contributed by atoms with E-state index in [1.54, 1.807) is 14.0 Å². The van der Waals surface area contributed by atoms with Crippen molar-refractivity contribution < 1.29 is 9.53 Å². The SMILES string of the molecule is COc1ccc2c(c1)C(CCNC(C)=O)CC2C. The Balaban J connectivity index is 2.10. The molecule has 18 heavy (non-hydrogen) atoms. The number of hydrogen-bond donors (Lipinski definition) is 1. The number of carbonyl (C=O) groups excluding carboxylic acids is 1. The van der Waals surface area contributed by atoms with Gasteiger partial charge in [0, 0.05) is 13.5 Å². The topological polar surface area (TPSA) is 38.3 Å². The summed E-state index contributed by atoms with van der Waals surface area (Å²) in [7, 11) is 1.70. The van der Waals surface area contributed by atoms with Crippen molar-refractivity contribution >= 4 is 5.91 Å². The third-order valence-electron chi connectivity index (χ3n) is 3.77. The number of ether oxygens (including phenoxy) is 1. The molecule has 1 N–H and O–H groups in total. The molecule has 3 nitrogen and oxygen atoms in total. The van der Waals surface area contributed by atoms with E-state index in [9.17, 15) is 4.79 Å². The van der Waals surface area contributed by atoms with Crippen molar-refractivity contribution in [2.75, 3.05) is 13.7 Å². The Kier molecular flexibility index (Phi) is 3.90. The normalized spacial score (nSPS) is 21.5. The molecule has 0 aliphatic heterocycles. The number of fused-ring (bicyclic) bond motifs is 1. The van der Waals surface area contributed by atoms with Gasteiger partial charge in [0.15, 0.2) is 0 Å². The number of methoxy groups -OCH3 is 1. The van der Waals surface area contributed by atoms with Crippen molar-refractivity contribution in [3.8, 4) is 5.75 Å². The van der Waals surface area contributed by atoms with Crippen LogP contribution in [0.1, 0.15) is 49.7 Å². The predicted molar refractivity (Wildman–Crippen MR) is 72.1 cm³/mol. The monoisotopic (exact) mass is 247 g/mol. The van der Waals surface area contributed by atoms with E-state index in [2.05, 4.69) is 24.4 Å². The van der Waals surface area contributed by atoms with Crippen molar-refractivity contribution in [2.45, 2.75) is 38.5 Å². The van der Waals surface area contributed by atoms with Gasteiger partial charge in [0.05, 0.1) is 7.11 Å². The Hall–Kier alpha value is -1.51. The fraction of sp³-hybridized carbons (Fsp3) is 0.533. The van der Waals surface area contributed by atoms with E-state index in [-0.39, 0.29) is 5.91 Å². The van der Waals surface area contributed by atoms with Crippen LogP contribution in [-0.2, 0) is 4.79 Å². The van der Waals surface area contributed by atoms with E-state index < -0.39 is 0 Å². The first-order valence-electron chi connectivity index (χ1n) is 6.54. The van der Waals surface area contributed by atoms with Crippen LogP contribution in [0, 0.1) is 0 Å². The largest absolute Gasteiger partial charge is 0.497 e. The Labute approximate surface area is 109 Å². The first-order valence-corrected chi connectivity index (χ1v) is 6.54. The average Bonchev–Trinajstić information content (AvgIpc) is 2.65. The zero-order valence-electron chi connectivity index (χ0n) is 11.3. The van der Waals surface area contributed by atoms with Crippen LogP contribution in [0.4, 0.5) is 0 Å². The highest BCUT2D eigenvalue weighted by atomic mass is 16.5. The molecule has 1 amide bonds. The Morgan fingerprint density at radius 2 is 2.22 bits per heavy atom. The molecule has 0 fully saturated rings. The van der Waals surface area contributed by atoms with E-state index in [1.807, 2.05) is 6.07 Å². The molecular formula is C15H21NO2. The standard InChI is InChI=1S/C15H21NO2/c1-10-8-12(6-7-16-11(2)17)15-9-13(18-3)4-5-14(10)15/h4-5,9-10,12H,6-8H2,1-3H3,(H,16,17). The summed E-state index contributed by atoms with van der Waals surface area (Å²) >= 11 is 0. The van der Waals surface area contributed by atoms with E-state index in [4.69, 9.17) is 4.74 Å². The van der Waals surface area contributed by atoms with Gasteiger partial charge in [-0.2, -0.15) is 0 Å². The molecule has 0 aromatic heterocycles. The minimum atomic E-state index is 0.0481. The smallest absolute Gasteiger partial charge is 0.216 e. The van der Waals surface area contributed by atoms with E-state index >= 15 is 0 Å². The number of carbonyl (C=O) groups is 1. The predicted octanol–water partition coefficient (Wildman–Crippen LogP) is 2.81. The molecule has 98 valence electrons. The molecule has 0 radical (unpaired) electrons. The Morgan fingerprint density at radius 1 is 1.44 bits per heavy atom. The van der Waals surface area contributed by atoms with Crippen LogP contribution in [-0.4, -0.2) is 19.6 Å². The van der Waals surface area contributed by atoms with Crippen LogP contribution in [0.2, 0.25) is 0 Å². The molecule has 2 atom stereocenters. The summed E-state index contributed by atoms with van der Waals surface area (Å²) in [6.07, 6.45) is 2.17. The second-order valence-electron chi connectivity index (χ2n) is 5.10. The third kappa shape index (κ3) is 2.66. The second-order valence-corrected chi connectivity index (χ2v) is 5.10. The lowest BCUT2D eigenvalue weighted by Crippen LogP contribution is -2.22. The number of nitrogens with one attached hydrogen (secondary N) is 1. The molecule has 0 bridgehead atoms. The van der Waals surface area contributed by atoms with Gasteiger partial charge in [0.25, 0.3) is 0 Å². The zero-order chi connectivity index (χ0) is 13.1. The summed E-state index contributed by atoms with van der Waals surface area (Å²) < 4.78 is 5.30. The molecule has 0 heterocycles. The quantitative estimate of drug-likeness (QED) is 0.888. The number of amides is 1. The van der Waals surface area contributed by atoms with Crippen LogP contribution in [0.5, 0.6) is 5.75 Å². The van der Waals surface area contributed by atoms with Crippen LogP contribution >= 0.6 is 0 Å². The summed E-state index contributed by atoms with van der Waals surface area (Å²) in [5, 5.41) is 2.88. The molecule has 2 rings (SSSR count). The van der Waals surface area contributed by atoms with Crippen LogP contribution in [0.3, 0.4) is 0 Å². The number of hydrogen-bond acceptors (Lipinski definition) is 2. The first-order chi connectivity index (χ1) is 8.61. The van der Waals surface area contributed by atoms with Gasteiger partial charge in [0.2, 0.25) is 5.91 Å². The van der Waals surface area contributed by atoms with E-state index in [1.165, 1.54) is 17.5 Å². The van der Waals surface area contributed by atoms with E-state index in [0.717, 1.165) is 18.7 Å². The fourth-order valence-electron chi connectivity index (χ4n) is 2.86. The maximum atomic E-state index is 10.9. The lowest BCUT2D eigenvalue weighted by Gasteiger charge is -2.12. The van der Waals surface area contributed by atoms with Gasteiger partial charge in [0.1, 0.15) is 5.75 Å². The van der Waals surface area contributed by atoms with Crippen LogP contribution in [0.15, 0.2) is 18.2 Å². The van der Waals surface area contributed by atoms with Gasteiger partial charge in [-0.15, -0.1) is 0 Å². The zero-order valence-corrected chi connectivity index (χ0v) is 11.3. The summed E-state index contributed by atoms with van der Waals surface area (Å²) in [6.45, 7) is 4.58. The van der Waals surface area contributed by atoms with Crippen molar-refractivity contribution in [3.63, 3.8) is 0 Å². The number of benzene rings is 1. The molecule has 1 aliphatic carbocycles. The molecule has 0 saturated heterocycles. The van der Waals surface area contributed by atoms with Crippen LogP contribution in [0.25, 0.3) is 0 Å². The van der Waals surface area contributed by atoms with Crippen molar-refractivity contribution in [1.82, 2.24) is 5.32 Å². The van der Waals surface area contributed by atoms with Gasteiger partial charge in [-0.05, 0) is 47.9 Å². The average molecular weight is 247 g/mol. The van der Waals surface area contributed by atoms with Gasteiger partial charge in [-0.3, -0.25) is 4.79 Å². The molecule has 1 aromatic carbocycles.